The van der Waals surface area contributed by atoms with Gasteiger partial charge in [-0.1, -0.05) is 149 Å². The van der Waals surface area contributed by atoms with Gasteiger partial charge in [0.15, 0.2) is 0 Å². The van der Waals surface area contributed by atoms with Crippen molar-refractivity contribution in [1.29, 1.82) is 0 Å². The third kappa shape index (κ3) is 34.5. The monoisotopic (exact) mass is 668 g/mol. The Balaban J connectivity index is 3.73. The first-order chi connectivity index (χ1) is 23.1. The Labute approximate surface area is 292 Å². The molecule has 0 aliphatic rings. The lowest BCUT2D eigenvalue weighted by Crippen LogP contribution is -2.29. The molecule has 1 N–H and O–H groups in total. The summed E-state index contributed by atoms with van der Waals surface area (Å²) in [5.74, 6) is 0.721. The molecule has 0 aromatic carbocycles. The van der Waals surface area contributed by atoms with E-state index in [4.69, 9.17) is 9.47 Å². The highest BCUT2D eigenvalue weighted by molar-refractivity contribution is 5.69. The third-order valence-corrected chi connectivity index (χ3v) is 9.59. The SMILES string of the molecule is CCCCCCCCCCCOC(=O)CCCCCN(CCO)CCCCCCCC(=O)OCCCC(CCCCC)CCCCC. The highest BCUT2D eigenvalue weighted by Gasteiger charge is 2.10. The average molecular weight is 668 g/mol. The molecule has 6 nitrogen and oxygen atoms in total. The molecule has 0 unspecified atom stereocenters. The molecule has 0 aliphatic heterocycles. The van der Waals surface area contributed by atoms with Crippen LogP contribution in [0.3, 0.4) is 0 Å². The van der Waals surface area contributed by atoms with Gasteiger partial charge in [-0.3, -0.25) is 9.59 Å². The van der Waals surface area contributed by atoms with Crippen molar-refractivity contribution in [1.82, 2.24) is 4.90 Å². The van der Waals surface area contributed by atoms with E-state index in [2.05, 4.69) is 25.7 Å². The van der Waals surface area contributed by atoms with Crippen LogP contribution >= 0.6 is 0 Å². The topological polar surface area (TPSA) is 76.1 Å². The minimum absolute atomic E-state index is 0.0281. The number of hydrogen-bond acceptors (Lipinski definition) is 6. The van der Waals surface area contributed by atoms with E-state index in [1.165, 1.54) is 103 Å². The Morgan fingerprint density at radius 2 is 0.851 bits per heavy atom. The molecule has 0 fully saturated rings. The largest absolute Gasteiger partial charge is 0.466 e. The third-order valence-electron chi connectivity index (χ3n) is 9.59. The Morgan fingerprint density at radius 1 is 0.468 bits per heavy atom. The van der Waals surface area contributed by atoms with E-state index in [0.717, 1.165) is 89.6 Å². The fourth-order valence-electron chi connectivity index (χ4n) is 6.49. The van der Waals surface area contributed by atoms with Crippen molar-refractivity contribution in [2.24, 2.45) is 5.92 Å². The molecule has 0 bridgehead atoms. The quantitative estimate of drug-likeness (QED) is 0.0521. The maximum absolute atomic E-state index is 12.2. The second-order valence-corrected chi connectivity index (χ2v) is 14.2. The number of esters is 2. The lowest BCUT2D eigenvalue weighted by molar-refractivity contribution is -0.144. The predicted octanol–water partition coefficient (Wildman–Crippen LogP) is 11.4. The number of carbonyl (C=O) groups is 2. The summed E-state index contributed by atoms with van der Waals surface area (Å²) in [6.45, 7) is 10.8. The van der Waals surface area contributed by atoms with Gasteiger partial charge >= 0.3 is 11.9 Å². The van der Waals surface area contributed by atoms with E-state index in [9.17, 15) is 14.7 Å². The second kappa shape index (κ2) is 37.7. The van der Waals surface area contributed by atoms with Crippen LogP contribution in [0.1, 0.15) is 207 Å². The van der Waals surface area contributed by atoms with E-state index in [1.807, 2.05) is 0 Å². The fourth-order valence-corrected chi connectivity index (χ4v) is 6.49. The number of aliphatic hydroxyl groups is 1. The highest BCUT2D eigenvalue weighted by atomic mass is 16.5. The van der Waals surface area contributed by atoms with Gasteiger partial charge in [-0.05, 0) is 64.0 Å². The summed E-state index contributed by atoms with van der Waals surface area (Å²) in [7, 11) is 0. The Morgan fingerprint density at radius 3 is 1.36 bits per heavy atom. The maximum atomic E-state index is 12.2. The molecule has 0 heterocycles. The molecule has 280 valence electrons. The van der Waals surface area contributed by atoms with E-state index in [0.29, 0.717) is 32.6 Å². The van der Waals surface area contributed by atoms with Crippen LogP contribution in [-0.4, -0.2) is 61.4 Å². The van der Waals surface area contributed by atoms with Crippen LogP contribution in [0, 0.1) is 5.92 Å². The fraction of sp³-hybridized carbons (Fsp3) is 0.951. The van der Waals surface area contributed by atoms with Crippen molar-refractivity contribution in [3.8, 4) is 0 Å². The van der Waals surface area contributed by atoms with E-state index in [1.54, 1.807) is 0 Å². The van der Waals surface area contributed by atoms with Gasteiger partial charge in [-0.15, -0.1) is 0 Å². The van der Waals surface area contributed by atoms with Gasteiger partial charge in [0.1, 0.15) is 0 Å². The summed E-state index contributed by atoms with van der Waals surface area (Å²) in [5, 5.41) is 9.48. The summed E-state index contributed by atoms with van der Waals surface area (Å²) < 4.78 is 11.0. The van der Waals surface area contributed by atoms with Crippen molar-refractivity contribution >= 4 is 11.9 Å². The van der Waals surface area contributed by atoms with Gasteiger partial charge in [-0.2, -0.15) is 0 Å². The molecule has 0 saturated heterocycles. The van der Waals surface area contributed by atoms with Crippen LogP contribution in [0.5, 0.6) is 0 Å². The summed E-state index contributed by atoms with van der Waals surface area (Å²) >= 11 is 0. The Bertz CT molecular complexity index is 648. The predicted molar refractivity (Wildman–Crippen MR) is 200 cm³/mol. The van der Waals surface area contributed by atoms with Crippen LogP contribution in [0.4, 0.5) is 0 Å². The molecule has 0 rings (SSSR count). The first-order valence-corrected chi connectivity index (χ1v) is 20.7. The summed E-state index contributed by atoms with van der Waals surface area (Å²) in [4.78, 5) is 26.6. The smallest absolute Gasteiger partial charge is 0.305 e. The number of rotatable bonds is 38. The van der Waals surface area contributed by atoms with Crippen LogP contribution in [0.25, 0.3) is 0 Å². The number of nitrogens with zero attached hydrogens (tertiary/aromatic N) is 1. The maximum Gasteiger partial charge on any atom is 0.305 e. The second-order valence-electron chi connectivity index (χ2n) is 14.2. The molecule has 0 aromatic rings. The van der Waals surface area contributed by atoms with Gasteiger partial charge in [-0.25, -0.2) is 0 Å². The molecular formula is C41H81NO5. The van der Waals surface area contributed by atoms with E-state index < -0.39 is 0 Å². The molecule has 6 heteroatoms. The highest BCUT2D eigenvalue weighted by Crippen LogP contribution is 2.22. The van der Waals surface area contributed by atoms with Crippen molar-refractivity contribution in [2.75, 3.05) is 39.5 Å². The minimum atomic E-state index is -0.0514. The minimum Gasteiger partial charge on any atom is -0.466 e. The van der Waals surface area contributed by atoms with E-state index in [-0.39, 0.29) is 18.5 Å². The molecule has 47 heavy (non-hydrogen) atoms. The van der Waals surface area contributed by atoms with Gasteiger partial charge in [0.2, 0.25) is 0 Å². The Hall–Kier alpha value is -1.14. The van der Waals surface area contributed by atoms with Crippen LogP contribution in [-0.2, 0) is 19.1 Å². The van der Waals surface area contributed by atoms with Crippen molar-refractivity contribution in [3.63, 3.8) is 0 Å². The molecule has 0 spiro atoms. The number of hydrogen-bond donors (Lipinski definition) is 1. The molecule has 0 aromatic heterocycles. The molecule has 0 radical (unpaired) electrons. The number of carbonyl (C=O) groups excluding carboxylic acids is 2. The molecular weight excluding hydrogens is 586 g/mol. The zero-order chi connectivity index (χ0) is 34.5. The number of ether oxygens (including phenoxy) is 2. The molecule has 0 amide bonds. The standard InChI is InChI=1S/C41H81NO5/c1-4-7-10-11-12-13-14-18-26-37-46-40(44)32-23-19-25-34-42(35-36-43)33-24-17-15-16-22-31-41(45)47-38-27-30-39(28-20-8-5-2)29-21-9-6-3/h39,43H,4-38H2,1-3H3. The van der Waals surface area contributed by atoms with Crippen molar-refractivity contribution < 1.29 is 24.2 Å². The molecule has 0 aliphatic carbocycles. The molecule has 0 atom stereocenters. The average Bonchev–Trinajstić information content (AvgIpc) is 3.06. The zero-order valence-electron chi connectivity index (χ0n) is 31.9. The zero-order valence-corrected chi connectivity index (χ0v) is 31.9. The number of unbranched alkanes of at least 4 members (excludes halogenated alkanes) is 18. The van der Waals surface area contributed by atoms with Crippen LogP contribution in [0.15, 0.2) is 0 Å². The van der Waals surface area contributed by atoms with E-state index >= 15 is 0 Å². The van der Waals surface area contributed by atoms with Crippen LogP contribution < -0.4 is 0 Å². The lowest BCUT2D eigenvalue weighted by Gasteiger charge is -2.21. The normalized spacial score (nSPS) is 11.5. The van der Waals surface area contributed by atoms with Gasteiger partial charge in [0, 0.05) is 19.4 Å². The van der Waals surface area contributed by atoms with Crippen molar-refractivity contribution in [3.05, 3.63) is 0 Å². The summed E-state index contributed by atoms with van der Waals surface area (Å²) in [6.07, 6.45) is 33.6. The van der Waals surface area contributed by atoms with Gasteiger partial charge < -0.3 is 19.5 Å². The van der Waals surface area contributed by atoms with Gasteiger partial charge in [0.25, 0.3) is 0 Å². The Kier molecular flexibility index (Phi) is 36.8. The summed E-state index contributed by atoms with van der Waals surface area (Å²) in [5.41, 5.74) is 0. The summed E-state index contributed by atoms with van der Waals surface area (Å²) in [6, 6.07) is 0. The van der Waals surface area contributed by atoms with Crippen molar-refractivity contribution in [2.45, 2.75) is 207 Å². The first kappa shape index (κ1) is 45.9. The molecule has 0 saturated carbocycles. The van der Waals surface area contributed by atoms with Crippen LogP contribution in [0.2, 0.25) is 0 Å². The lowest BCUT2D eigenvalue weighted by atomic mass is 9.91. The number of aliphatic hydroxyl groups excluding tert-OH is 1. The van der Waals surface area contributed by atoms with Gasteiger partial charge in [0.05, 0.1) is 19.8 Å². The first-order valence-electron chi connectivity index (χ1n) is 20.7.